The van der Waals surface area contributed by atoms with Crippen LogP contribution < -0.4 is 10.6 Å². The number of aromatic nitrogens is 2. The first-order chi connectivity index (χ1) is 12.1. The molecule has 3 heterocycles. The van der Waals surface area contributed by atoms with Gasteiger partial charge in [0, 0.05) is 30.6 Å². The summed E-state index contributed by atoms with van der Waals surface area (Å²) in [5.74, 6) is -0.352. The van der Waals surface area contributed by atoms with Crippen LogP contribution in [0.15, 0.2) is 24.3 Å². The number of likely N-dealkylation sites (tertiary alicyclic amines) is 1. The summed E-state index contributed by atoms with van der Waals surface area (Å²) < 4.78 is 0. The maximum absolute atomic E-state index is 12.8. The molecule has 4 rings (SSSR count). The van der Waals surface area contributed by atoms with Crippen LogP contribution in [0.5, 0.6) is 0 Å². The standard InChI is InChI=1S/C18H23N5O2.ClH/c1-11(18(25)23-9-8-12-6-7-13(10-23)20-12)19-17(24)16-14-4-2-3-5-15(14)21-22-16;/h2-5,11-13,20H,6-10H2,1H3,(H,19,24)(H,21,22);1H. The van der Waals surface area contributed by atoms with Crippen molar-refractivity contribution in [1.82, 2.24) is 25.7 Å². The van der Waals surface area contributed by atoms with Crippen molar-refractivity contribution >= 4 is 35.1 Å². The molecule has 2 bridgehead atoms. The molecule has 0 spiro atoms. The minimum atomic E-state index is -0.570. The van der Waals surface area contributed by atoms with Gasteiger partial charge in [0.15, 0.2) is 5.69 Å². The molecule has 1 aromatic carbocycles. The monoisotopic (exact) mass is 377 g/mol. The molecular weight excluding hydrogens is 354 g/mol. The van der Waals surface area contributed by atoms with Gasteiger partial charge in [0.05, 0.1) is 5.52 Å². The van der Waals surface area contributed by atoms with Crippen molar-refractivity contribution in [3.8, 4) is 0 Å². The lowest BCUT2D eigenvalue weighted by atomic mass is 10.1. The van der Waals surface area contributed by atoms with E-state index in [-0.39, 0.29) is 24.2 Å². The number of hydrogen-bond donors (Lipinski definition) is 3. The predicted octanol–water partition coefficient (Wildman–Crippen LogP) is 1.46. The lowest BCUT2D eigenvalue weighted by Gasteiger charge is -2.27. The molecule has 3 unspecified atom stereocenters. The van der Waals surface area contributed by atoms with E-state index in [4.69, 9.17) is 0 Å². The van der Waals surface area contributed by atoms with E-state index in [0.29, 0.717) is 17.8 Å². The zero-order valence-electron chi connectivity index (χ0n) is 14.7. The van der Waals surface area contributed by atoms with Crippen molar-refractivity contribution in [3.05, 3.63) is 30.0 Å². The fraction of sp³-hybridized carbons (Fsp3) is 0.500. The van der Waals surface area contributed by atoms with Crippen LogP contribution in [0.4, 0.5) is 0 Å². The number of H-pyrrole nitrogens is 1. The second-order valence-electron chi connectivity index (χ2n) is 7.02. The van der Waals surface area contributed by atoms with Gasteiger partial charge in [-0.1, -0.05) is 18.2 Å². The number of benzene rings is 1. The summed E-state index contributed by atoms with van der Waals surface area (Å²) in [5, 5.41) is 14.1. The first-order valence-electron chi connectivity index (χ1n) is 8.90. The first-order valence-corrected chi connectivity index (χ1v) is 8.90. The summed E-state index contributed by atoms with van der Waals surface area (Å²) in [6.45, 7) is 3.21. The molecule has 3 atom stereocenters. The Morgan fingerprint density at radius 2 is 2.00 bits per heavy atom. The SMILES string of the molecule is CC(NC(=O)c1n[nH]c2ccccc12)C(=O)N1CCC2CCC(C1)N2.Cl. The average molecular weight is 378 g/mol. The molecule has 2 fully saturated rings. The molecule has 140 valence electrons. The Labute approximate surface area is 158 Å². The number of para-hydroxylation sites is 1. The Bertz CT molecular complexity index is 808. The predicted molar refractivity (Wildman–Crippen MR) is 101 cm³/mol. The largest absolute Gasteiger partial charge is 0.339 e. The van der Waals surface area contributed by atoms with E-state index in [1.54, 1.807) is 6.92 Å². The van der Waals surface area contributed by atoms with Crippen molar-refractivity contribution in [2.45, 2.75) is 44.3 Å². The third kappa shape index (κ3) is 3.54. The molecular formula is C18H24ClN5O2. The third-order valence-electron chi connectivity index (χ3n) is 5.24. The van der Waals surface area contributed by atoms with Crippen molar-refractivity contribution in [1.29, 1.82) is 0 Å². The van der Waals surface area contributed by atoms with Crippen molar-refractivity contribution in [2.75, 3.05) is 13.1 Å². The van der Waals surface area contributed by atoms with E-state index in [1.165, 1.54) is 6.42 Å². The Balaban J connectivity index is 0.00000196. The highest BCUT2D eigenvalue weighted by Gasteiger charge is 2.33. The maximum Gasteiger partial charge on any atom is 0.273 e. The van der Waals surface area contributed by atoms with Crippen LogP contribution in [0.1, 0.15) is 36.7 Å². The molecule has 1 aromatic heterocycles. The van der Waals surface area contributed by atoms with Crippen LogP contribution in [0.3, 0.4) is 0 Å². The van der Waals surface area contributed by atoms with E-state index in [1.807, 2.05) is 29.2 Å². The van der Waals surface area contributed by atoms with Crippen molar-refractivity contribution in [3.63, 3.8) is 0 Å². The van der Waals surface area contributed by atoms with E-state index >= 15 is 0 Å². The van der Waals surface area contributed by atoms with Crippen LogP contribution in [-0.2, 0) is 4.79 Å². The van der Waals surface area contributed by atoms with Crippen LogP contribution in [0.2, 0.25) is 0 Å². The molecule has 2 amide bonds. The average Bonchev–Trinajstić information content (AvgIpc) is 3.17. The molecule has 0 saturated carbocycles. The number of nitrogens with one attached hydrogen (secondary N) is 3. The van der Waals surface area contributed by atoms with Crippen molar-refractivity contribution in [2.24, 2.45) is 0 Å². The van der Waals surface area contributed by atoms with Crippen molar-refractivity contribution < 1.29 is 9.59 Å². The highest BCUT2D eigenvalue weighted by Crippen LogP contribution is 2.21. The van der Waals surface area contributed by atoms with E-state index in [2.05, 4.69) is 20.8 Å². The number of rotatable bonds is 3. The first kappa shape index (κ1) is 18.7. The Kier molecular flexibility index (Phi) is 5.48. The summed E-state index contributed by atoms with van der Waals surface area (Å²) in [5.41, 5.74) is 1.13. The molecule has 8 heteroatoms. The van der Waals surface area contributed by atoms with Gasteiger partial charge in [-0.2, -0.15) is 5.10 Å². The second-order valence-corrected chi connectivity index (χ2v) is 7.02. The van der Waals surface area contributed by atoms with Crippen LogP contribution >= 0.6 is 12.4 Å². The van der Waals surface area contributed by atoms with Gasteiger partial charge in [-0.25, -0.2) is 0 Å². The van der Waals surface area contributed by atoms with Gasteiger partial charge >= 0.3 is 0 Å². The van der Waals surface area contributed by atoms with Gasteiger partial charge < -0.3 is 15.5 Å². The lowest BCUT2D eigenvalue weighted by Crippen LogP contribution is -2.49. The molecule has 7 nitrogen and oxygen atoms in total. The second kappa shape index (κ2) is 7.63. The minimum Gasteiger partial charge on any atom is -0.339 e. The smallest absolute Gasteiger partial charge is 0.273 e. The van der Waals surface area contributed by atoms with Gasteiger partial charge in [-0.3, -0.25) is 14.7 Å². The number of hydrogen-bond acceptors (Lipinski definition) is 4. The van der Waals surface area contributed by atoms with Gasteiger partial charge in [-0.15, -0.1) is 12.4 Å². The summed E-state index contributed by atoms with van der Waals surface area (Å²) in [4.78, 5) is 27.2. The summed E-state index contributed by atoms with van der Waals surface area (Å²) >= 11 is 0. The zero-order chi connectivity index (χ0) is 17.4. The number of fused-ring (bicyclic) bond motifs is 3. The minimum absolute atomic E-state index is 0. The molecule has 2 aliphatic heterocycles. The number of halogens is 1. The molecule has 0 aliphatic carbocycles. The molecule has 26 heavy (non-hydrogen) atoms. The maximum atomic E-state index is 12.8. The van der Waals surface area contributed by atoms with Crippen LogP contribution in [0, 0.1) is 0 Å². The highest BCUT2D eigenvalue weighted by molar-refractivity contribution is 6.05. The number of carbonyl (C=O) groups is 2. The Hall–Kier alpha value is -2.12. The lowest BCUT2D eigenvalue weighted by molar-refractivity contribution is -0.133. The summed E-state index contributed by atoms with van der Waals surface area (Å²) in [6, 6.07) is 7.81. The summed E-state index contributed by atoms with van der Waals surface area (Å²) in [6.07, 6.45) is 3.30. The molecule has 3 N–H and O–H groups in total. The van der Waals surface area contributed by atoms with E-state index in [0.717, 1.165) is 36.8 Å². The van der Waals surface area contributed by atoms with E-state index in [9.17, 15) is 9.59 Å². The highest BCUT2D eigenvalue weighted by atomic mass is 35.5. The molecule has 2 aliphatic rings. The fourth-order valence-electron chi connectivity index (χ4n) is 3.88. The van der Waals surface area contributed by atoms with Gasteiger partial charge in [0.1, 0.15) is 6.04 Å². The zero-order valence-corrected chi connectivity index (χ0v) is 15.5. The molecule has 2 saturated heterocycles. The van der Waals surface area contributed by atoms with Gasteiger partial charge in [0.2, 0.25) is 5.91 Å². The molecule has 2 aromatic rings. The topological polar surface area (TPSA) is 90.1 Å². The Morgan fingerprint density at radius 1 is 1.23 bits per heavy atom. The summed E-state index contributed by atoms with van der Waals surface area (Å²) in [7, 11) is 0. The van der Waals surface area contributed by atoms with E-state index < -0.39 is 6.04 Å². The fourth-order valence-corrected chi connectivity index (χ4v) is 3.88. The number of carbonyl (C=O) groups excluding carboxylic acids is 2. The van der Waals surface area contributed by atoms with Crippen LogP contribution in [0.25, 0.3) is 10.9 Å². The quantitative estimate of drug-likeness (QED) is 0.755. The van der Waals surface area contributed by atoms with Gasteiger partial charge in [-0.05, 0) is 32.3 Å². The number of amides is 2. The number of nitrogens with zero attached hydrogens (tertiary/aromatic N) is 2. The normalized spacial score (nSPS) is 23.2. The Morgan fingerprint density at radius 3 is 2.85 bits per heavy atom. The van der Waals surface area contributed by atoms with Gasteiger partial charge in [0.25, 0.3) is 5.91 Å². The third-order valence-corrected chi connectivity index (χ3v) is 5.24. The number of aromatic amines is 1. The van der Waals surface area contributed by atoms with Crippen LogP contribution in [-0.4, -0.2) is 58.1 Å². The molecule has 0 radical (unpaired) electrons.